The van der Waals surface area contributed by atoms with Gasteiger partial charge < -0.3 is 28.8 Å². The van der Waals surface area contributed by atoms with Crippen molar-refractivity contribution in [1.82, 2.24) is 5.32 Å². The lowest BCUT2D eigenvalue weighted by Crippen LogP contribution is -2.46. The minimum absolute atomic E-state index is 0.0138. The Bertz CT molecular complexity index is 1250. The predicted octanol–water partition coefficient (Wildman–Crippen LogP) is 18.3. The summed E-state index contributed by atoms with van der Waals surface area (Å²) in [7, 11) is 1.32. The van der Waals surface area contributed by atoms with Crippen LogP contribution in [0.4, 0.5) is 0 Å². The van der Waals surface area contributed by atoms with E-state index in [0.717, 1.165) is 51.4 Å². The molecule has 2 N–H and O–H groups in total. The number of unbranched alkanes of at least 4 members (excludes halogenated alkanes) is 38. The molecule has 0 bridgehead atoms. The smallest absolute Gasteiger partial charge is 0.268 e. The first kappa shape index (κ1) is 69.7. The number of amides is 1. The summed E-state index contributed by atoms with van der Waals surface area (Å²) in [5, 5.41) is 14.0. The van der Waals surface area contributed by atoms with Gasteiger partial charge in [0, 0.05) is 6.42 Å². The number of nitrogens with zero attached hydrogens (tertiary/aromatic N) is 1. The molecule has 420 valence electrons. The van der Waals surface area contributed by atoms with Gasteiger partial charge in [-0.3, -0.25) is 9.36 Å². The number of carbonyl (C=O) groups is 1. The van der Waals surface area contributed by atoms with E-state index >= 15 is 0 Å². The number of phosphoric acid groups is 1. The van der Waals surface area contributed by atoms with Crippen molar-refractivity contribution in [2.24, 2.45) is 0 Å². The second-order valence-electron chi connectivity index (χ2n) is 22.4. The molecular weight excluding hydrogens is 900 g/mol. The lowest BCUT2D eigenvalue weighted by atomic mass is 10.0. The topological polar surface area (TPSA) is 108 Å². The predicted molar refractivity (Wildman–Crippen MR) is 307 cm³/mol. The van der Waals surface area contributed by atoms with E-state index in [0.29, 0.717) is 23.9 Å². The fourth-order valence-corrected chi connectivity index (χ4v) is 10.0. The molecule has 3 unspecified atom stereocenters. The van der Waals surface area contributed by atoms with E-state index in [-0.39, 0.29) is 19.1 Å². The number of likely N-dealkylation sites (N-methyl/N-ethyl adjacent to an activating group) is 1. The molecule has 0 aromatic carbocycles. The summed E-state index contributed by atoms with van der Waals surface area (Å²) in [5.41, 5.74) is 0. The molecule has 0 aromatic rings. The van der Waals surface area contributed by atoms with E-state index in [4.69, 9.17) is 9.05 Å². The first-order valence-corrected chi connectivity index (χ1v) is 32.3. The second kappa shape index (κ2) is 53.5. The normalized spacial score (nSPS) is 14.1. The number of quaternary nitrogens is 1. The Hall–Kier alpha value is -1.28. The molecule has 0 saturated heterocycles. The highest BCUT2D eigenvalue weighted by Crippen LogP contribution is 2.38. The minimum atomic E-state index is -4.57. The van der Waals surface area contributed by atoms with E-state index in [1.807, 2.05) is 21.1 Å². The zero-order chi connectivity index (χ0) is 52.0. The fraction of sp³-hybridized carbons (Fsp3) is 0.887. The maximum absolute atomic E-state index is 13.0. The van der Waals surface area contributed by atoms with Crippen LogP contribution in [0.3, 0.4) is 0 Å². The zero-order valence-electron chi connectivity index (χ0n) is 47.9. The molecule has 0 heterocycles. The lowest BCUT2D eigenvalue weighted by Gasteiger charge is -2.30. The molecule has 0 radical (unpaired) electrons. The average Bonchev–Trinajstić information content (AvgIpc) is 3.33. The number of carbonyl (C=O) groups excluding carboxylic acids is 1. The first-order chi connectivity index (χ1) is 34.5. The zero-order valence-corrected chi connectivity index (χ0v) is 48.8. The summed E-state index contributed by atoms with van der Waals surface area (Å²) in [6.07, 6.45) is 69.0. The molecule has 0 aliphatic carbocycles. The second-order valence-corrected chi connectivity index (χ2v) is 23.8. The van der Waals surface area contributed by atoms with Crippen molar-refractivity contribution in [3.05, 3.63) is 36.5 Å². The van der Waals surface area contributed by atoms with Crippen molar-refractivity contribution in [3.8, 4) is 0 Å². The molecule has 0 aromatic heterocycles. The van der Waals surface area contributed by atoms with E-state index in [9.17, 15) is 19.4 Å². The molecule has 3 atom stereocenters. The first-order valence-electron chi connectivity index (χ1n) is 30.8. The third-order valence-electron chi connectivity index (χ3n) is 14.1. The van der Waals surface area contributed by atoms with Gasteiger partial charge in [-0.2, -0.15) is 0 Å². The molecular formula is C62H121N2O6P. The summed E-state index contributed by atoms with van der Waals surface area (Å²) in [4.78, 5) is 25.5. The third-order valence-corrected chi connectivity index (χ3v) is 15.1. The fourth-order valence-electron chi connectivity index (χ4n) is 9.29. The van der Waals surface area contributed by atoms with Crippen LogP contribution in [0.25, 0.3) is 0 Å². The summed E-state index contributed by atoms with van der Waals surface area (Å²) < 4.78 is 23.4. The van der Waals surface area contributed by atoms with Crippen molar-refractivity contribution in [2.45, 2.75) is 315 Å². The van der Waals surface area contributed by atoms with Gasteiger partial charge >= 0.3 is 0 Å². The van der Waals surface area contributed by atoms with Gasteiger partial charge in [-0.25, -0.2) is 0 Å². The molecule has 71 heavy (non-hydrogen) atoms. The molecule has 9 heteroatoms. The van der Waals surface area contributed by atoms with Crippen molar-refractivity contribution >= 4 is 13.7 Å². The summed E-state index contributed by atoms with van der Waals surface area (Å²) >= 11 is 0. The van der Waals surface area contributed by atoms with Gasteiger partial charge in [-0.1, -0.05) is 281 Å². The van der Waals surface area contributed by atoms with Crippen LogP contribution < -0.4 is 10.2 Å². The maximum Gasteiger partial charge on any atom is 0.268 e. The molecule has 0 aliphatic rings. The van der Waals surface area contributed by atoms with E-state index in [1.54, 1.807) is 0 Å². The molecule has 0 rings (SSSR count). The molecule has 8 nitrogen and oxygen atoms in total. The van der Waals surface area contributed by atoms with Crippen molar-refractivity contribution in [2.75, 3.05) is 40.9 Å². The monoisotopic (exact) mass is 1020 g/mol. The Morgan fingerprint density at radius 1 is 0.493 bits per heavy atom. The Balaban J connectivity index is 4.01. The number of nitrogens with one attached hydrogen (secondary N) is 1. The van der Waals surface area contributed by atoms with Gasteiger partial charge in [0.15, 0.2) is 0 Å². The summed E-state index contributed by atoms with van der Waals surface area (Å²) in [5.74, 6) is -0.160. The Morgan fingerprint density at radius 2 is 0.817 bits per heavy atom. The highest BCUT2D eigenvalue weighted by Gasteiger charge is 2.24. The van der Waals surface area contributed by atoms with Crippen LogP contribution in [0.1, 0.15) is 303 Å². The van der Waals surface area contributed by atoms with E-state index < -0.39 is 20.0 Å². The van der Waals surface area contributed by atoms with Crippen LogP contribution in [0.5, 0.6) is 0 Å². The van der Waals surface area contributed by atoms with E-state index in [2.05, 4.69) is 55.6 Å². The molecule has 0 fully saturated rings. The number of aliphatic hydroxyl groups excluding tert-OH is 1. The van der Waals surface area contributed by atoms with Gasteiger partial charge in [-0.15, -0.1) is 0 Å². The number of hydrogen-bond donors (Lipinski definition) is 2. The highest BCUT2D eigenvalue weighted by atomic mass is 31.2. The van der Waals surface area contributed by atoms with Crippen LogP contribution in [0.15, 0.2) is 36.5 Å². The quantitative estimate of drug-likeness (QED) is 0.0272. The average molecular weight is 1020 g/mol. The van der Waals surface area contributed by atoms with Crippen LogP contribution in [0, 0.1) is 0 Å². The van der Waals surface area contributed by atoms with E-state index in [1.165, 1.54) is 225 Å². The third kappa shape index (κ3) is 56.3. The molecule has 0 saturated carbocycles. The van der Waals surface area contributed by atoms with Crippen LogP contribution >= 0.6 is 7.82 Å². The van der Waals surface area contributed by atoms with Crippen LogP contribution in [-0.4, -0.2) is 68.5 Å². The standard InChI is InChI=1S/C62H121N2O6P/c1-6-8-10-12-14-16-18-20-22-24-25-26-27-28-29-30-31-32-33-34-35-36-37-38-39-40-42-44-46-48-50-52-54-56-62(66)63-60(59-70-71(67,68)69-58-57-64(3,4)5)61(65)55-53-51-49-47-45-43-41-23-21-19-17-15-13-11-9-7-2/h18,20,24-25,27-28,60-61,65H,6-17,19,21-23,26,29-59H2,1-5H3,(H-,63,66,67,68)/b20-18-,25-24-,28-27-. The highest BCUT2D eigenvalue weighted by molar-refractivity contribution is 7.45. The number of allylic oxidation sites excluding steroid dienone is 6. The van der Waals surface area contributed by atoms with Gasteiger partial charge in [-0.05, 0) is 51.4 Å². The van der Waals surface area contributed by atoms with Gasteiger partial charge in [0.25, 0.3) is 7.82 Å². The Morgan fingerprint density at radius 3 is 1.18 bits per heavy atom. The van der Waals surface area contributed by atoms with Crippen molar-refractivity contribution < 1.29 is 32.9 Å². The van der Waals surface area contributed by atoms with Crippen LogP contribution in [0.2, 0.25) is 0 Å². The Kier molecular flexibility index (Phi) is 52.6. The molecule has 0 spiro atoms. The number of rotatable bonds is 57. The van der Waals surface area contributed by atoms with Gasteiger partial charge in [0.1, 0.15) is 13.2 Å². The number of hydrogen-bond acceptors (Lipinski definition) is 6. The number of aliphatic hydroxyl groups is 1. The Labute approximate surface area is 442 Å². The largest absolute Gasteiger partial charge is 0.756 e. The van der Waals surface area contributed by atoms with Crippen molar-refractivity contribution in [1.29, 1.82) is 0 Å². The molecule has 0 aliphatic heterocycles. The summed E-state index contributed by atoms with van der Waals surface area (Å²) in [6, 6.07) is -0.799. The summed E-state index contributed by atoms with van der Waals surface area (Å²) in [6.45, 7) is 4.74. The number of phosphoric ester groups is 1. The van der Waals surface area contributed by atoms with Gasteiger partial charge in [0.05, 0.1) is 39.9 Å². The lowest BCUT2D eigenvalue weighted by molar-refractivity contribution is -0.870. The SMILES string of the molecule is CCCCCCC/C=C\C/C=C\C/C=C\CCCCCCCCCCCCCCCCCCCCC(=O)NC(COP(=O)([O-])OCC[N+](C)(C)C)C(O)CCCCCCCCCCCCCCCCCC. The van der Waals surface area contributed by atoms with Crippen molar-refractivity contribution in [3.63, 3.8) is 0 Å². The van der Waals surface area contributed by atoms with Crippen LogP contribution in [-0.2, 0) is 18.4 Å². The maximum atomic E-state index is 13.0. The minimum Gasteiger partial charge on any atom is -0.756 e. The molecule has 1 amide bonds. The van der Waals surface area contributed by atoms with Gasteiger partial charge in [0.2, 0.25) is 5.91 Å².